The number of aromatic nitrogens is 2. The molecule has 0 aliphatic carbocycles. The van der Waals surface area contributed by atoms with Gasteiger partial charge in [0, 0.05) is 151 Å². The highest BCUT2D eigenvalue weighted by Gasteiger charge is 2.24. The maximum absolute atomic E-state index is 11.2. The van der Waals surface area contributed by atoms with E-state index < -0.39 is 0 Å². The molecule has 8 aromatic rings. The molecule has 0 unspecified atom stereocenters. The average Bonchev–Trinajstić information content (AvgIpc) is 2.57. The standard InChI is InChI=1S/C20H21N3.C20H19N3.C19H18BrN3.C19H19N3O2/c1-17-7-6-12-21-20(17)23-15-13-22(14-16-23)18(2)10-11-19-8-4-3-5-9-19;1-21-19-11-5-6-12-20(19)23-16-14-22(15-17-23)13-7-10-18-8-3-2-4-9-18;1-16(9-10-17-6-3-2-4-7-17)22-12-14-23(15-13-22)19-18(20)8-5-11-21-19;23-22(24)19-11-5-4-10-18(19)21-15-13-20(14-16-21)12-6-9-17-7-2-1-3-8-17/h3-9,12H,2,13-16H2,1H3;2-6,8-9,11-12H,13-17H2;2-8,11H,1,12-15H2;1-5,7-8,10-11H,12-16H2. The van der Waals surface area contributed by atoms with E-state index in [0.29, 0.717) is 5.69 Å². The van der Waals surface area contributed by atoms with E-state index in [4.69, 9.17) is 6.57 Å². The van der Waals surface area contributed by atoms with Gasteiger partial charge in [-0.3, -0.25) is 19.9 Å². The molecule has 14 nitrogen and oxygen atoms in total. The molecule has 6 heterocycles. The average molecular weight is 1290 g/mol. The summed E-state index contributed by atoms with van der Waals surface area (Å²) in [7, 11) is 0. The lowest BCUT2D eigenvalue weighted by molar-refractivity contribution is -0.384. The minimum atomic E-state index is -0.312. The first kappa shape index (κ1) is 66.8. The molecule has 0 saturated carbocycles. The largest absolute Gasteiger partial charge is 0.378 e. The Hall–Kier alpha value is -10.6. The van der Waals surface area contributed by atoms with Gasteiger partial charge in [0.1, 0.15) is 17.3 Å². The Balaban J connectivity index is 0.000000146. The van der Waals surface area contributed by atoms with Crippen molar-refractivity contribution in [2.24, 2.45) is 0 Å². The second-order valence-corrected chi connectivity index (χ2v) is 23.1. The predicted octanol–water partition coefficient (Wildman–Crippen LogP) is 12.8. The first-order valence-electron chi connectivity index (χ1n) is 31.3. The third-order valence-electron chi connectivity index (χ3n) is 16.0. The lowest BCUT2D eigenvalue weighted by Gasteiger charge is -2.36. The van der Waals surface area contributed by atoms with Gasteiger partial charge in [-0.2, -0.15) is 0 Å². The molecule has 15 heteroatoms. The van der Waals surface area contributed by atoms with E-state index in [0.717, 1.165) is 179 Å². The fraction of sp³-hybridized carbons (Fsp3) is 0.244. The number of piperazine rings is 4. The zero-order valence-corrected chi connectivity index (χ0v) is 54.4. The van der Waals surface area contributed by atoms with Crippen molar-refractivity contribution < 1.29 is 4.92 Å². The van der Waals surface area contributed by atoms with E-state index in [9.17, 15) is 10.1 Å². The SMILES string of the molecule is C=C(C#Cc1ccccc1)N1CCN(c2ncccc2Br)CC1.C=C(C#Cc1ccccc1)N1CCN(c2ncccc2C)CC1.O=[N+]([O-])c1ccccc1N1CCN(CC#Cc2ccccc2)CC1.[C-]#[N+]c1ccccc1N1CCN(CC#Cc2ccccc2)CC1. The van der Waals surface area contributed by atoms with E-state index >= 15 is 0 Å². The van der Waals surface area contributed by atoms with Crippen LogP contribution in [0, 0.1) is 71.0 Å². The van der Waals surface area contributed by atoms with Crippen molar-refractivity contribution in [1.82, 2.24) is 29.6 Å². The quantitative estimate of drug-likeness (QED) is 0.0595. The van der Waals surface area contributed by atoms with Crippen LogP contribution in [0.4, 0.5) is 34.4 Å². The van der Waals surface area contributed by atoms with Gasteiger partial charge in [0.05, 0.1) is 40.5 Å². The second-order valence-electron chi connectivity index (χ2n) is 22.2. The number of nitro groups is 1. The molecular formula is C78H77BrN12O2. The molecule has 2 aromatic heterocycles. The van der Waals surface area contributed by atoms with Crippen LogP contribution >= 0.6 is 15.9 Å². The number of nitro benzene ring substituents is 1. The van der Waals surface area contributed by atoms with Gasteiger partial charge in [-0.1, -0.05) is 158 Å². The summed E-state index contributed by atoms with van der Waals surface area (Å²) in [5, 5.41) is 11.2. The van der Waals surface area contributed by atoms with Gasteiger partial charge >= 0.3 is 0 Å². The van der Waals surface area contributed by atoms with E-state index in [1.165, 1.54) is 5.56 Å². The maximum Gasteiger partial charge on any atom is 0.292 e. The number of hydrogen-bond donors (Lipinski definition) is 0. The van der Waals surface area contributed by atoms with Crippen molar-refractivity contribution in [3.8, 4) is 47.4 Å². The highest BCUT2D eigenvalue weighted by molar-refractivity contribution is 9.10. The highest BCUT2D eigenvalue weighted by Crippen LogP contribution is 2.30. The molecule has 4 aliphatic rings. The third kappa shape index (κ3) is 20.7. The predicted molar refractivity (Wildman–Crippen MR) is 383 cm³/mol. The molecule has 0 atom stereocenters. The highest BCUT2D eigenvalue weighted by atomic mass is 79.9. The minimum Gasteiger partial charge on any atom is -0.378 e. The molecule has 0 radical (unpaired) electrons. The normalized spacial score (nSPS) is 14.4. The Labute approximate surface area is 558 Å². The summed E-state index contributed by atoms with van der Waals surface area (Å²) in [6.07, 6.45) is 3.69. The van der Waals surface area contributed by atoms with E-state index in [-0.39, 0.29) is 10.6 Å². The zero-order chi connectivity index (χ0) is 64.8. The molecular weight excluding hydrogens is 1220 g/mol. The smallest absolute Gasteiger partial charge is 0.292 e. The minimum absolute atomic E-state index is 0.176. The number of para-hydroxylation sites is 4. The van der Waals surface area contributed by atoms with Crippen LogP contribution in [0.5, 0.6) is 0 Å². The summed E-state index contributed by atoms with van der Waals surface area (Å²) >= 11 is 3.57. The van der Waals surface area contributed by atoms with Crippen molar-refractivity contribution in [2.75, 3.05) is 137 Å². The zero-order valence-electron chi connectivity index (χ0n) is 52.8. The summed E-state index contributed by atoms with van der Waals surface area (Å²) in [5.41, 5.74) is 9.81. The van der Waals surface area contributed by atoms with Crippen LogP contribution in [0.15, 0.2) is 236 Å². The van der Waals surface area contributed by atoms with Gasteiger partial charge in [0.15, 0.2) is 0 Å². The number of benzene rings is 6. The Morgan fingerprint density at radius 1 is 0.473 bits per heavy atom. The lowest BCUT2D eigenvalue weighted by atomic mass is 10.2. The van der Waals surface area contributed by atoms with Gasteiger partial charge in [-0.15, -0.1) is 0 Å². The number of halogens is 1. The molecule has 0 N–H and O–H groups in total. The number of allylic oxidation sites excluding steroid dienone is 2. The van der Waals surface area contributed by atoms with Gasteiger partial charge in [0.25, 0.3) is 5.69 Å². The number of aryl methyl sites for hydroxylation is 1. The molecule has 4 aliphatic heterocycles. The molecule has 0 amide bonds. The molecule has 93 heavy (non-hydrogen) atoms. The van der Waals surface area contributed by atoms with Crippen molar-refractivity contribution in [3.63, 3.8) is 0 Å². The van der Waals surface area contributed by atoms with Crippen LogP contribution in [0.2, 0.25) is 0 Å². The number of pyridine rings is 2. The first-order valence-corrected chi connectivity index (χ1v) is 32.1. The lowest BCUT2D eigenvalue weighted by Crippen LogP contribution is -2.46. The monoisotopic (exact) mass is 1290 g/mol. The molecule has 4 fully saturated rings. The number of nitrogens with zero attached hydrogens (tertiary/aromatic N) is 12. The molecule has 6 aromatic carbocycles. The molecule has 468 valence electrons. The number of anilines is 4. The van der Waals surface area contributed by atoms with Crippen molar-refractivity contribution in [2.45, 2.75) is 6.92 Å². The summed E-state index contributed by atoms with van der Waals surface area (Å²) < 4.78 is 1.04. The molecule has 0 spiro atoms. The Morgan fingerprint density at radius 2 is 0.849 bits per heavy atom. The van der Waals surface area contributed by atoms with Gasteiger partial charge in [-0.25, -0.2) is 14.8 Å². The van der Waals surface area contributed by atoms with Crippen LogP contribution in [0.3, 0.4) is 0 Å². The number of rotatable bonds is 9. The molecule has 0 bridgehead atoms. The Bertz CT molecular complexity index is 3900. The van der Waals surface area contributed by atoms with Crippen LogP contribution < -0.4 is 19.6 Å². The maximum atomic E-state index is 11.2. The van der Waals surface area contributed by atoms with Crippen LogP contribution in [-0.2, 0) is 0 Å². The topological polar surface area (TPSA) is 99.2 Å². The van der Waals surface area contributed by atoms with Crippen molar-refractivity contribution in [3.05, 3.63) is 285 Å². The molecule has 12 rings (SSSR count). The third-order valence-corrected chi connectivity index (χ3v) is 16.6. The van der Waals surface area contributed by atoms with Gasteiger partial charge < -0.3 is 29.4 Å². The van der Waals surface area contributed by atoms with Crippen LogP contribution in [-0.4, -0.2) is 152 Å². The first-order chi connectivity index (χ1) is 45.6. The van der Waals surface area contributed by atoms with Crippen molar-refractivity contribution >= 4 is 50.3 Å². The Kier molecular flexibility index (Phi) is 25.7. The van der Waals surface area contributed by atoms with Crippen molar-refractivity contribution in [1.29, 1.82) is 0 Å². The van der Waals surface area contributed by atoms with Gasteiger partial charge in [-0.05, 0) is 119 Å². The molecule has 4 saturated heterocycles. The fourth-order valence-electron chi connectivity index (χ4n) is 10.8. The van der Waals surface area contributed by atoms with E-state index in [1.807, 2.05) is 188 Å². The van der Waals surface area contributed by atoms with Gasteiger partial charge in [0.2, 0.25) is 5.69 Å². The summed E-state index contributed by atoms with van der Waals surface area (Å²) in [5.74, 6) is 27.6. The summed E-state index contributed by atoms with van der Waals surface area (Å²) in [4.78, 5) is 41.6. The summed E-state index contributed by atoms with van der Waals surface area (Å²) in [6, 6.07) is 62.9. The van der Waals surface area contributed by atoms with E-state index in [2.05, 4.69) is 143 Å². The second kappa shape index (κ2) is 35.7. The van der Waals surface area contributed by atoms with Crippen LogP contribution in [0.1, 0.15) is 27.8 Å². The Morgan fingerprint density at radius 3 is 1.29 bits per heavy atom. The number of hydrogen-bond acceptors (Lipinski definition) is 12. The fourth-order valence-corrected chi connectivity index (χ4v) is 11.3. The van der Waals surface area contributed by atoms with Crippen LogP contribution in [0.25, 0.3) is 4.85 Å². The van der Waals surface area contributed by atoms with E-state index in [1.54, 1.807) is 12.1 Å². The summed E-state index contributed by atoms with van der Waals surface area (Å²) in [6.45, 7) is 33.7.